The Morgan fingerprint density at radius 1 is 1.30 bits per heavy atom. The molecule has 3 heteroatoms. The second-order valence-electron chi connectivity index (χ2n) is 1.88. The van der Waals surface area contributed by atoms with Crippen LogP contribution in [0, 0.1) is 0 Å². The monoisotopic (exact) mass is 175 g/mol. The Balaban J connectivity index is 3.09. The van der Waals surface area contributed by atoms with Crippen molar-refractivity contribution in [2.24, 2.45) is 0 Å². The van der Waals surface area contributed by atoms with Crippen molar-refractivity contribution >= 4 is 23.2 Å². The first-order valence-corrected chi connectivity index (χ1v) is 3.51. The molecule has 0 fully saturated rings. The van der Waals surface area contributed by atoms with E-state index in [4.69, 9.17) is 23.2 Å². The standard InChI is InChI=1S/C7H5Cl2O/c8-6-1-2-7(9)5(3-6)4-10/h1-3H,4H2/q-1. The Labute approximate surface area is 69.2 Å². The summed E-state index contributed by atoms with van der Waals surface area (Å²) in [5, 5.41) is 11.4. The summed E-state index contributed by atoms with van der Waals surface area (Å²) in [4.78, 5) is 0. The van der Waals surface area contributed by atoms with E-state index in [2.05, 4.69) is 0 Å². The Morgan fingerprint density at radius 3 is 2.50 bits per heavy atom. The van der Waals surface area contributed by atoms with Crippen molar-refractivity contribution in [1.29, 1.82) is 0 Å². The van der Waals surface area contributed by atoms with Gasteiger partial charge >= 0.3 is 0 Å². The fourth-order valence-electron chi connectivity index (χ4n) is 0.654. The van der Waals surface area contributed by atoms with E-state index in [9.17, 15) is 5.11 Å². The van der Waals surface area contributed by atoms with E-state index in [-0.39, 0.29) is 6.61 Å². The van der Waals surface area contributed by atoms with Crippen molar-refractivity contribution < 1.29 is 5.11 Å². The third-order valence-electron chi connectivity index (χ3n) is 1.16. The van der Waals surface area contributed by atoms with Crippen LogP contribution in [-0.2, 0) is 6.61 Å². The molecule has 54 valence electrons. The highest BCUT2D eigenvalue weighted by Crippen LogP contribution is 2.19. The summed E-state index contributed by atoms with van der Waals surface area (Å²) in [6.07, 6.45) is 0. The Bertz CT molecular complexity index is 235. The number of rotatable bonds is 1. The predicted molar refractivity (Wildman–Crippen MR) is 40.2 cm³/mol. The minimum absolute atomic E-state index is 0.320. The van der Waals surface area contributed by atoms with Crippen LogP contribution in [0.4, 0.5) is 0 Å². The maximum absolute atomic E-state index is 10.4. The molecule has 0 bridgehead atoms. The lowest BCUT2D eigenvalue weighted by Gasteiger charge is -2.06. The summed E-state index contributed by atoms with van der Waals surface area (Å²) in [5.41, 5.74) is 0.550. The zero-order valence-corrected chi connectivity index (χ0v) is 6.62. The van der Waals surface area contributed by atoms with Gasteiger partial charge in [0.05, 0.1) is 0 Å². The molecule has 0 unspecified atom stereocenters. The molecule has 0 aromatic heterocycles. The van der Waals surface area contributed by atoms with Gasteiger partial charge in [-0.3, -0.25) is 0 Å². The van der Waals surface area contributed by atoms with Crippen LogP contribution in [0.3, 0.4) is 0 Å². The summed E-state index contributed by atoms with van der Waals surface area (Å²) in [6, 6.07) is 4.86. The molecule has 0 amide bonds. The molecule has 0 saturated carbocycles. The second-order valence-corrected chi connectivity index (χ2v) is 2.72. The molecule has 0 saturated heterocycles. The van der Waals surface area contributed by atoms with Gasteiger partial charge in [0.25, 0.3) is 0 Å². The molecule has 0 spiro atoms. The van der Waals surface area contributed by atoms with Gasteiger partial charge in [-0.1, -0.05) is 23.2 Å². The van der Waals surface area contributed by atoms with Crippen LogP contribution >= 0.6 is 23.2 Å². The molecule has 1 aromatic rings. The minimum atomic E-state index is -0.320. The SMILES string of the molecule is [O-]Cc1cc(Cl)ccc1Cl. The summed E-state index contributed by atoms with van der Waals surface area (Å²) < 4.78 is 0. The third kappa shape index (κ3) is 1.63. The van der Waals surface area contributed by atoms with Gasteiger partial charge in [0, 0.05) is 10.0 Å². The van der Waals surface area contributed by atoms with E-state index >= 15 is 0 Å². The predicted octanol–water partition coefficient (Wildman–Crippen LogP) is 1.85. The number of halogens is 2. The van der Waals surface area contributed by atoms with Crippen LogP contribution in [0.5, 0.6) is 0 Å². The molecule has 1 nitrogen and oxygen atoms in total. The van der Waals surface area contributed by atoms with E-state index in [1.807, 2.05) is 0 Å². The molecule has 0 aliphatic rings. The van der Waals surface area contributed by atoms with E-state index in [1.165, 1.54) is 0 Å². The maximum Gasteiger partial charge on any atom is 0.0425 e. The van der Waals surface area contributed by atoms with Crippen molar-refractivity contribution in [3.05, 3.63) is 33.8 Å². The van der Waals surface area contributed by atoms with Gasteiger partial charge < -0.3 is 5.11 Å². The molecular weight excluding hydrogens is 171 g/mol. The van der Waals surface area contributed by atoms with Crippen molar-refractivity contribution in [3.8, 4) is 0 Å². The lowest BCUT2D eigenvalue weighted by atomic mass is 10.2. The summed E-state index contributed by atoms with van der Waals surface area (Å²) >= 11 is 11.2. The Hall–Kier alpha value is -0.240. The minimum Gasteiger partial charge on any atom is -0.851 e. The number of hydrogen-bond acceptors (Lipinski definition) is 1. The third-order valence-corrected chi connectivity index (χ3v) is 1.77. The Kier molecular flexibility index (Phi) is 2.55. The highest BCUT2D eigenvalue weighted by atomic mass is 35.5. The van der Waals surface area contributed by atoms with Crippen molar-refractivity contribution in [2.75, 3.05) is 0 Å². The molecule has 0 aliphatic carbocycles. The van der Waals surface area contributed by atoms with Gasteiger partial charge in [-0.05, 0) is 23.8 Å². The molecule has 0 aliphatic heterocycles. The molecule has 1 aromatic carbocycles. The average Bonchev–Trinajstić information content (AvgIpc) is 1.94. The first kappa shape index (κ1) is 7.86. The zero-order valence-electron chi connectivity index (χ0n) is 5.10. The van der Waals surface area contributed by atoms with E-state index in [1.54, 1.807) is 18.2 Å². The highest BCUT2D eigenvalue weighted by molar-refractivity contribution is 6.33. The van der Waals surface area contributed by atoms with Gasteiger partial charge in [0.2, 0.25) is 0 Å². The fourth-order valence-corrected chi connectivity index (χ4v) is 1.02. The number of benzene rings is 1. The van der Waals surface area contributed by atoms with Gasteiger partial charge in [0.1, 0.15) is 0 Å². The molecule has 0 heterocycles. The molecule has 0 N–H and O–H groups in total. The van der Waals surface area contributed by atoms with Crippen LogP contribution in [-0.4, -0.2) is 0 Å². The quantitative estimate of drug-likeness (QED) is 0.640. The van der Waals surface area contributed by atoms with Gasteiger partial charge in [-0.15, -0.1) is 6.61 Å². The van der Waals surface area contributed by atoms with E-state index in [0.717, 1.165) is 0 Å². The molecular formula is C7H5Cl2O-. The second kappa shape index (κ2) is 3.24. The van der Waals surface area contributed by atoms with Gasteiger partial charge in [-0.25, -0.2) is 0 Å². The van der Waals surface area contributed by atoms with Crippen molar-refractivity contribution in [1.82, 2.24) is 0 Å². The first-order chi connectivity index (χ1) is 4.74. The molecule has 10 heavy (non-hydrogen) atoms. The van der Waals surface area contributed by atoms with E-state index in [0.29, 0.717) is 15.6 Å². The van der Waals surface area contributed by atoms with Crippen molar-refractivity contribution in [3.63, 3.8) is 0 Å². The molecule has 0 radical (unpaired) electrons. The number of hydrogen-bond donors (Lipinski definition) is 0. The lowest BCUT2D eigenvalue weighted by Crippen LogP contribution is -2.02. The maximum atomic E-state index is 10.4. The highest BCUT2D eigenvalue weighted by Gasteiger charge is 1.94. The van der Waals surface area contributed by atoms with Gasteiger partial charge in [0.15, 0.2) is 0 Å². The molecule has 0 atom stereocenters. The smallest absolute Gasteiger partial charge is 0.0425 e. The average molecular weight is 176 g/mol. The Morgan fingerprint density at radius 2 is 2.00 bits per heavy atom. The zero-order chi connectivity index (χ0) is 7.56. The fraction of sp³-hybridized carbons (Fsp3) is 0.143. The summed E-state index contributed by atoms with van der Waals surface area (Å²) in [5.74, 6) is 0. The molecule has 1 rings (SSSR count). The van der Waals surface area contributed by atoms with Crippen LogP contribution in [0.1, 0.15) is 5.56 Å². The van der Waals surface area contributed by atoms with E-state index < -0.39 is 0 Å². The van der Waals surface area contributed by atoms with Crippen LogP contribution in [0.15, 0.2) is 18.2 Å². The normalized spacial score (nSPS) is 9.90. The van der Waals surface area contributed by atoms with Crippen molar-refractivity contribution in [2.45, 2.75) is 6.61 Å². The largest absolute Gasteiger partial charge is 0.851 e. The van der Waals surface area contributed by atoms with Crippen LogP contribution in [0.25, 0.3) is 0 Å². The first-order valence-electron chi connectivity index (χ1n) is 2.76. The summed E-state index contributed by atoms with van der Waals surface area (Å²) in [7, 11) is 0. The summed E-state index contributed by atoms with van der Waals surface area (Å²) in [6.45, 7) is -0.320. The lowest BCUT2D eigenvalue weighted by molar-refractivity contribution is -0.386. The topological polar surface area (TPSA) is 23.1 Å². The van der Waals surface area contributed by atoms with Gasteiger partial charge in [-0.2, -0.15) is 0 Å². The van der Waals surface area contributed by atoms with Crippen LogP contribution < -0.4 is 5.11 Å². The van der Waals surface area contributed by atoms with Crippen LogP contribution in [0.2, 0.25) is 10.0 Å².